The lowest BCUT2D eigenvalue weighted by atomic mass is 9.81. The van der Waals surface area contributed by atoms with E-state index in [2.05, 4.69) is 16.5 Å². The third-order valence-corrected chi connectivity index (χ3v) is 6.25. The van der Waals surface area contributed by atoms with E-state index in [1.807, 2.05) is 6.92 Å². The molecular formula is C17H23N3O3S. The molecule has 1 amide bonds. The summed E-state index contributed by atoms with van der Waals surface area (Å²) >= 11 is 1.57. The predicted octanol–water partition coefficient (Wildman–Crippen LogP) is 1.42. The second kappa shape index (κ2) is 6.64. The average Bonchev–Trinajstić information content (AvgIpc) is 3.18. The van der Waals surface area contributed by atoms with Crippen LogP contribution in [0.1, 0.15) is 17.0 Å². The van der Waals surface area contributed by atoms with E-state index in [9.17, 15) is 14.7 Å². The third kappa shape index (κ3) is 2.98. The lowest BCUT2D eigenvalue weighted by molar-refractivity contribution is -0.149. The van der Waals surface area contributed by atoms with Crippen LogP contribution in [0.15, 0.2) is 18.2 Å². The van der Waals surface area contributed by atoms with Gasteiger partial charge in [0.05, 0.1) is 11.2 Å². The van der Waals surface area contributed by atoms with Crippen LogP contribution in [-0.2, 0) is 16.0 Å². The number of nitrogens with zero attached hydrogens (tertiary/aromatic N) is 3. The van der Waals surface area contributed by atoms with Crippen LogP contribution in [0.5, 0.6) is 0 Å². The van der Waals surface area contributed by atoms with Crippen LogP contribution in [0, 0.1) is 18.3 Å². The summed E-state index contributed by atoms with van der Waals surface area (Å²) in [6.45, 7) is 8.45. The van der Waals surface area contributed by atoms with Crippen molar-refractivity contribution in [3.8, 4) is 0 Å². The Balaban J connectivity index is 1.63. The maximum Gasteiger partial charge on any atom is 0.313 e. The van der Waals surface area contributed by atoms with Crippen molar-refractivity contribution in [2.24, 2.45) is 11.3 Å². The summed E-state index contributed by atoms with van der Waals surface area (Å²) in [7, 11) is 0. The summed E-state index contributed by atoms with van der Waals surface area (Å²) in [4.78, 5) is 33.7. The molecule has 0 aromatic carbocycles. The molecule has 1 aromatic rings. The van der Waals surface area contributed by atoms with Gasteiger partial charge in [-0.05, 0) is 13.3 Å². The number of thiazole rings is 1. The van der Waals surface area contributed by atoms with Gasteiger partial charge in [0.1, 0.15) is 5.41 Å². The fourth-order valence-electron chi connectivity index (χ4n) is 3.93. The van der Waals surface area contributed by atoms with Crippen molar-refractivity contribution in [2.75, 3.05) is 32.7 Å². The molecule has 7 heteroatoms. The standard InChI is InChI=1S/C17H23N3O3S/c1-3-6-19-7-13-8-20(10-17(13,9-19)16(22)23)15(21)5-4-14-12(2)18-11-24-14/h3,11,13H,1,4-10H2,2H3,(H,22,23)/t13-,17-/m0/s1. The molecule has 3 rings (SSSR count). The SMILES string of the molecule is C=CCN1C[C@H]2CN(C(=O)CCc3scnc3C)C[C@@]2(C(=O)O)C1. The summed E-state index contributed by atoms with van der Waals surface area (Å²) in [5.41, 5.74) is 1.95. The number of fused-ring (bicyclic) bond motifs is 1. The average molecular weight is 349 g/mol. The van der Waals surface area contributed by atoms with Crippen molar-refractivity contribution < 1.29 is 14.7 Å². The first-order valence-electron chi connectivity index (χ1n) is 8.19. The minimum atomic E-state index is -0.820. The summed E-state index contributed by atoms with van der Waals surface area (Å²) < 4.78 is 0. The number of carbonyl (C=O) groups is 2. The monoisotopic (exact) mass is 349 g/mol. The van der Waals surface area contributed by atoms with Gasteiger partial charge in [-0.1, -0.05) is 6.08 Å². The topological polar surface area (TPSA) is 73.7 Å². The van der Waals surface area contributed by atoms with Crippen molar-refractivity contribution in [2.45, 2.75) is 19.8 Å². The van der Waals surface area contributed by atoms with E-state index in [1.54, 1.807) is 27.8 Å². The quantitative estimate of drug-likeness (QED) is 0.786. The highest BCUT2D eigenvalue weighted by Gasteiger charge is 2.58. The second-order valence-corrected chi connectivity index (χ2v) is 7.72. The van der Waals surface area contributed by atoms with Crippen molar-refractivity contribution in [3.63, 3.8) is 0 Å². The molecule has 3 heterocycles. The number of aromatic nitrogens is 1. The summed E-state index contributed by atoms with van der Waals surface area (Å²) in [5, 5.41) is 9.78. The molecule has 1 N–H and O–H groups in total. The van der Waals surface area contributed by atoms with Crippen molar-refractivity contribution in [1.82, 2.24) is 14.8 Å². The largest absolute Gasteiger partial charge is 0.481 e. The van der Waals surface area contributed by atoms with Gasteiger partial charge in [0.25, 0.3) is 0 Å². The van der Waals surface area contributed by atoms with Gasteiger partial charge in [0.15, 0.2) is 0 Å². The van der Waals surface area contributed by atoms with Gasteiger partial charge in [0, 0.05) is 49.9 Å². The molecule has 0 bridgehead atoms. The van der Waals surface area contributed by atoms with Crippen molar-refractivity contribution in [3.05, 3.63) is 28.7 Å². The first kappa shape index (κ1) is 17.1. The van der Waals surface area contributed by atoms with Crippen LogP contribution in [0.3, 0.4) is 0 Å². The lowest BCUT2D eigenvalue weighted by Crippen LogP contribution is -2.42. The Morgan fingerprint density at radius 1 is 1.50 bits per heavy atom. The van der Waals surface area contributed by atoms with Crippen LogP contribution < -0.4 is 0 Å². The highest BCUT2D eigenvalue weighted by Crippen LogP contribution is 2.43. The van der Waals surface area contributed by atoms with E-state index in [-0.39, 0.29) is 11.8 Å². The first-order valence-corrected chi connectivity index (χ1v) is 9.07. The fraction of sp³-hybridized carbons (Fsp3) is 0.588. The molecule has 0 saturated carbocycles. The molecule has 2 aliphatic heterocycles. The van der Waals surface area contributed by atoms with Gasteiger partial charge >= 0.3 is 5.97 Å². The Bertz CT molecular complexity index is 659. The van der Waals surface area contributed by atoms with E-state index in [1.165, 1.54) is 0 Å². The number of hydrogen-bond acceptors (Lipinski definition) is 5. The van der Waals surface area contributed by atoms with Gasteiger partial charge in [-0.25, -0.2) is 4.98 Å². The molecule has 2 saturated heterocycles. The van der Waals surface area contributed by atoms with Gasteiger partial charge in [-0.2, -0.15) is 0 Å². The van der Waals surface area contributed by atoms with E-state index in [0.717, 1.165) is 17.1 Å². The molecule has 24 heavy (non-hydrogen) atoms. The molecule has 2 aliphatic rings. The molecule has 0 spiro atoms. The normalized spacial score (nSPS) is 26.5. The van der Waals surface area contributed by atoms with Crippen molar-refractivity contribution >= 4 is 23.2 Å². The van der Waals surface area contributed by atoms with E-state index >= 15 is 0 Å². The van der Waals surface area contributed by atoms with Crippen LogP contribution in [0.25, 0.3) is 0 Å². The number of aryl methyl sites for hydroxylation is 2. The van der Waals surface area contributed by atoms with Crippen LogP contribution >= 0.6 is 11.3 Å². The zero-order valence-electron chi connectivity index (χ0n) is 13.9. The molecule has 0 radical (unpaired) electrons. The van der Waals surface area contributed by atoms with Gasteiger partial charge < -0.3 is 10.0 Å². The number of carbonyl (C=O) groups excluding carboxylic acids is 1. The predicted molar refractivity (Wildman–Crippen MR) is 91.9 cm³/mol. The molecule has 2 fully saturated rings. The second-order valence-electron chi connectivity index (χ2n) is 6.78. The zero-order valence-corrected chi connectivity index (χ0v) is 14.7. The molecular weight excluding hydrogens is 326 g/mol. The summed E-state index contributed by atoms with van der Waals surface area (Å²) in [5.74, 6) is -0.732. The maximum absolute atomic E-state index is 12.5. The van der Waals surface area contributed by atoms with Gasteiger partial charge in [-0.15, -0.1) is 17.9 Å². The van der Waals surface area contributed by atoms with Crippen LogP contribution in [0.2, 0.25) is 0 Å². The van der Waals surface area contributed by atoms with Gasteiger partial charge in [-0.3, -0.25) is 14.5 Å². The number of likely N-dealkylation sites (tertiary alicyclic amines) is 2. The van der Waals surface area contributed by atoms with Crippen LogP contribution in [0.4, 0.5) is 0 Å². The Morgan fingerprint density at radius 2 is 2.29 bits per heavy atom. The Hall–Kier alpha value is -1.73. The summed E-state index contributed by atoms with van der Waals surface area (Å²) in [6.07, 6.45) is 2.90. The van der Waals surface area contributed by atoms with E-state index in [0.29, 0.717) is 39.0 Å². The number of carboxylic acid groups (broad SMARTS) is 1. The Kier molecular flexibility index (Phi) is 4.73. The zero-order chi connectivity index (χ0) is 17.3. The summed E-state index contributed by atoms with van der Waals surface area (Å²) in [6, 6.07) is 0. The first-order chi connectivity index (χ1) is 11.5. The number of amides is 1. The molecule has 0 unspecified atom stereocenters. The number of carboxylic acids is 1. The van der Waals surface area contributed by atoms with E-state index < -0.39 is 11.4 Å². The molecule has 6 nitrogen and oxygen atoms in total. The van der Waals surface area contributed by atoms with E-state index in [4.69, 9.17) is 0 Å². The Morgan fingerprint density at radius 3 is 2.88 bits per heavy atom. The van der Waals surface area contributed by atoms with Crippen molar-refractivity contribution in [1.29, 1.82) is 0 Å². The minimum Gasteiger partial charge on any atom is -0.481 e. The molecule has 2 atom stereocenters. The fourth-order valence-corrected chi connectivity index (χ4v) is 4.71. The lowest BCUT2D eigenvalue weighted by Gasteiger charge is -2.25. The molecule has 1 aromatic heterocycles. The molecule has 130 valence electrons. The number of aliphatic carboxylic acids is 1. The van der Waals surface area contributed by atoms with Gasteiger partial charge in [0.2, 0.25) is 5.91 Å². The highest BCUT2D eigenvalue weighted by atomic mass is 32.1. The minimum absolute atomic E-state index is 0.00374. The molecule has 0 aliphatic carbocycles. The third-order valence-electron chi connectivity index (χ3n) is 5.26. The highest BCUT2D eigenvalue weighted by molar-refractivity contribution is 7.09. The maximum atomic E-state index is 12.5. The number of rotatable bonds is 6. The Labute approximate surface area is 145 Å². The number of hydrogen-bond donors (Lipinski definition) is 1. The van der Waals surface area contributed by atoms with Crippen LogP contribution in [-0.4, -0.2) is 64.5 Å². The smallest absolute Gasteiger partial charge is 0.313 e.